The molecule has 0 atom stereocenters. The van der Waals surface area contributed by atoms with Gasteiger partial charge in [-0.3, -0.25) is 0 Å². The van der Waals surface area contributed by atoms with Gasteiger partial charge in [0.2, 0.25) is 11.9 Å². The van der Waals surface area contributed by atoms with Crippen LogP contribution >= 0.6 is 0 Å². The molecule has 0 bridgehead atoms. The van der Waals surface area contributed by atoms with Crippen molar-refractivity contribution in [1.82, 2.24) is 29.4 Å². The summed E-state index contributed by atoms with van der Waals surface area (Å²) in [5, 5.41) is 0.968. The van der Waals surface area contributed by atoms with Gasteiger partial charge in [-0.2, -0.15) is 8.78 Å². The summed E-state index contributed by atoms with van der Waals surface area (Å²) in [5.74, 6) is 1.51. The highest BCUT2D eigenvalue weighted by Gasteiger charge is 2.27. The van der Waals surface area contributed by atoms with Crippen LogP contribution in [0.1, 0.15) is 0 Å². The Morgan fingerprint density at radius 1 is 0.518 bits per heavy atom. The lowest BCUT2D eigenvalue weighted by Gasteiger charge is -2.38. The number of guanidine groups is 2. The summed E-state index contributed by atoms with van der Waals surface area (Å²) in [6.07, 6.45) is -1.42. The molecule has 18 heteroatoms. The van der Waals surface area contributed by atoms with Gasteiger partial charge in [-0.15, -0.1) is 0 Å². The number of benzene rings is 2. The van der Waals surface area contributed by atoms with Crippen LogP contribution in [0.3, 0.4) is 0 Å². The second-order valence-corrected chi connectivity index (χ2v) is 13.8. The zero-order valence-corrected chi connectivity index (χ0v) is 33.1. The molecule has 0 unspecified atom stereocenters. The van der Waals surface area contributed by atoms with Gasteiger partial charge in [-0.1, -0.05) is 0 Å². The third kappa shape index (κ3) is 10.6. The number of amidine groups is 2. The molecule has 4 aliphatic rings. The molecule has 2 aromatic rings. The number of fused-ring (bicyclic) bond motifs is 1. The molecule has 0 aromatic heterocycles. The Kier molecular flexibility index (Phi) is 15.4. The standard InChI is InChI=1S/C38H56F2N10O6/c1-45(9-19-51-3)35(39)41-29-5-6-30(42-36(40)46(2)10-20-52-4)34-32(44-38(49-15-25-55-26-16-49)50-17-27-56-28-18-50)8-7-31(33(29)34)43-37(47-11-21-53-22-12-47)48-13-23-54-24-14-48/h5-8H,9-28H2,1-4H3. The topological polar surface area (TPSA) is 124 Å². The maximum atomic E-state index is 16.0. The second kappa shape index (κ2) is 20.8. The van der Waals surface area contributed by atoms with Crippen molar-refractivity contribution in [3.8, 4) is 0 Å². The number of methoxy groups -OCH3 is 2. The van der Waals surface area contributed by atoms with Crippen LogP contribution in [-0.2, 0) is 28.4 Å². The lowest BCUT2D eigenvalue weighted by molar-refractivity contribution is 0.0421. The van der Waals surface area contributed by atoms with E-state index in [1.165, 1.54) is 9.80 Å². The van der Waals surface area contributed by atoms with Crippen LogP contribution < -0.4 is 0 Å². The predicted molar refractivity (Wildman–Crippen MR) is 213 cm³/mol. The summed E-state index contributed by atoms with van der Waals surface area (Å²) in [5.41, 5.74) is 1.63. The summed E-state index contributed by atoms with van der Waals surface area (Å²) in [4.78, 5) is 31.4. The normalized spacial score (nSPS) is 18.7. The number of likely N-dealkylation sites (N-methyl/N-ethyl adjacent to an activating group) is 2. The molecule has 6 rings (SSSR count). The molecule has 0 amide bonds. The predicted octanol–water partition coefficient (Wildman–Crippen LogP) is 3.21. The van der Waals surface area contributed by atoms with Crippen molar-refractivity contribution in [2.75, 3.05) is 160 Å². The average molecular weight is 787 g/mol. The highest BCUT2D eigenvalue weighted by molar-refractivity contribution is 6.14. The van der Waals surface area contributed by atoms with Crippen molar-refractivity contribution < 1.29 is 37.2 Å². The van der Waals surface area contributed by atoms with E-state index in [9.17, 15) is 0 Å². The van der Waals surface area contributed by atoms with Crippen molar-refractivity contribution in [1.29, 1.82) is 0 Å². The zero-order valence-electron chi connectivity index (χ0n) is 33.1. The monoisotopic (exact) mass is 786 g/mol. The lowest BCUT2D eigenvalue weighted by atomic mass is 10.0. The fourth-order valence-electron chi connectivity index (χ4n) is 6.76. The summed E-state index contributed by atoms with van der Waals surface area (Å²) >= 11 is 0. The molecule has 4 heterocycles. The fraction of sp³-hybridized carbons (Fsp3) is 0.632. The molecule has 4 aliphatic heterocycles. The van der Waals surface area contributed by atoms with Crippen LogP contribution in [0.5, 0.6) is 0 Å². The minimum Gasteiger partial charge on any atom is -0.383 e. The quantitative estimate of drug-likeness (QED) is 0.200. The molecule has 0 aliphatic carbocycles. The fourth-order valence-corrected chi connectivity index (χ4v) is 6.76. The van der Waals surface area contributed by atoms with Gasteiger partial charge in [0.15, 0.2) is 0 Å². The first-order chi connectivity index (χ1) is 27.4. The lowest BCUT2D eigenvalue weighted by Crippen LogP contribution is -2.52. The van der Waals surface area contributed by atoms with E-state index in [0.717, 1.165) is 11.9 Å². The van der Waals surface area contributed by atoms with Gasteiger partial charge in [-0.25, -0.2) is 20.0 Å². The van der Waals surface area contributed by atoms with Crippen LogP contribution in [0, 0.1) is 0 Å². The second-order valence-electron chi connectivity index (χ2n) is 13.8. The van der Waals surface area contributed by atoms with Crippen molar-refractivity contribution >= 4 is 57.6 Å². The SMILES string of the molecule is COCCN(C)C(F)=Nc1ccc(N=C(F)N(C)CCOC)c2c(N=C(N3CCOCC3)N3CCOCC3)ccc(N=C(N3CCOCC3)N3CCOCC3)c12. The smallest absolute Gasteiger partial charge is 0.285 e. The van der Waals surface area contributed by atoms with Crippen molar-refractivity contribution in [2.45, 2.75) is 0 Å². The van der Waals surface area contributed by atoms with Gasteiger partial charge in [-0.05, 0) is 24.3 Å². The van der Waals surface area contributed by atoms with Crippen molar-refractivity contribution in [2.24, 2.45) is 20.0 Å². The summed E-state index contributed by atoms with van der Waals surface area (Å²) in [7, 11) is 6.36. The minimum absolute atomic E-state index is 0.284. The van der Waals surface area contributed by atoms with Gasteiger partial charge in [0.25, 0.3) is 12.2 Å². The number of hydrogen-bond donors (Lipinski definition) is 0. The largest absolute Gasteiger partial charge is 0.383 e. The number of halogens is 2. The van der Waals surface area contributed by atoms with Crippen molar-refractivity contribution in [3.05, 3.63) is 24.3 Å². The third-order valence-electron chi connectivity index (χ3n) is 10.0. The van der Waals surface area contributed by atoms with E-state index in [1.54, 1.807) is 40.4 Å². The van der Waals surface area contributed by atoms with Crippen LogP contribution in [0.25, 0.3) is 10.8 Å². The number of rotatable bonds is 10. The van der Waals surface area contributed by atoms with E-state index in [4.69, 9.17) is 38.4 Å². The van der Waals surface area contributed by atoms with E-state index in [1.807, 2.05) is 12.1 Å². The molecule has 308 valence electrons. The first-order valence-electron chi connectivity index (χ1n) is 19.3. The Labute approximate surface area is 327 Å². The molecule has 4 fully saturated rings. The van der Waals surface area contributed by atoms with E-state index >= 15 is 8.78 Å². The Morgan fingerprint density at radius 3 is 1.05 bits per heavy atom. The molecule has 16 nitrogen and oxygen atoms in total. The highest BCUT2D eigenvalue weighted by Crippen LogP contribution is 2.45. The molecule has 0 radical (unpaired) electrons. The first kappa shape index (κ1) is 41.4. The molecule has 2 aromatic carbocycles. The Bertz CT molecular complexity index is 1540. The number of ether oxygens (including phenoxy) is 6. The van der Waals surface area contributed by atoms with Gasteiger partial charge in [0.1, 0.15) is 0 Å². The summed E-state index contributed by atoms with van der Waals surface area (Å²) in [6, 6.07) is 7.10. The van der Waals surface area contributed by atoms with Gasteiger partial charge in [0.05, 0.1) is 88.8 Å². The molecule has 0 spiro atoms. The van der Waals surface area contributed by atoms with Crippen LogP contribution in [-0.4, -0.2) is 213 Å². The van der Waals surface area contributed by atoms with Gasteiger partial charge < -0.3 is 57.8 Å². The summed E-state index contributed by atoms with van der Waals surface area (Å²) in [6.45, 7) is 10.9. The maximum Gasteiger partial charge on any atom is 0.285 e. The molecular weight excluding hydrogens is 730 g/mol. The third-order valence-corrected chi connectivity index (χ3v) is 10.0. The molecule has 0 N–H and O–H groups in total. The Balaban J connectivity index is 1.63. The number of nitrogens with zero attached hydrogens (tertiary/aromatic N) is 10. The van der Waals surface area contributed by atoms with E-state index in [0.29, 0.717) is 152 Å². The zero-order chi connectivity index (χ0) is 39.3. The van der Waals surface area contributed by atoms with E-state index < -0.39 is 12.2 Å². The van der Waals surface area contributed by atoms with Crippen LogP contribution in [0.4, 0.5) is 31.5 Å². The molecule has 56 heavy (non-hydrogen) atoms. The number of hydrogen-bond acceptors (Lipinski definition) is 10. The minimum atomic E-state index is -0.710. The molecular formula is C38H56F2N10O6. The maximum absolute atomic E-state index is 16.0. The Hall–Kier alpha value is -4.20. The van der Waals surface area contributed by atoms with Gasteiger partial charge in [0, 0.05) is 105 Å². The first-order valence-corrected chi connectivity index (χ1v) is 19.3. The van der Waals surface area contributed by atoms with E-state index in [2.05, 4.69) is 29.6 Å². The number of morpholine rings is 4. The van der Waals surface area contributed by atoms with Crippen molar-refractivity contribution in [3.63, 3.8) is 0 Å². The molecule has 4 saturated heterocycles. The number of aliphatic imine (C=N–C) groups is 4. The molecule has 0 saturated carbocycles. The van der Waals surface area contributed by atoms with Crippen LogP contribution in [0.15, 0.2) is 44.2 Å². The Morgan fingerprint density at radius 2 is 0.786 bits per heavy atom. The average Bonchev–Trinajstić information content (AvgIpc) is 3.25. The van der Waals surface area contributed by atoms with E-state index in [-0.39, 0.29) is 13.1 Å². The van der Waals surface area contributed by atoms with Crippen LogP contribution in [0.2, 0.25) is 0 Å². The van der Waals surface area contributed by atoms with Gasteiger partial charge >= 0.3 is 0 Å². The highest BCUT2D eigenvalue weighted by atomic mass is 19.1. The summed E-state index contributed by atoms with van der Waals surface area (Å²) < 4.78 is 65.3.